The average molecular weight is 388 g/mol. The lowest BCUT2D eigenvalue weighted by Gasteiger charge is -2.38. The molecule has 0 saturated heterocycles. The van der Waals surface area contributed by atoms with E-state index in [1.165, 1.54) is 38.5 Å². The third-order valence-corrected chi connectivity index (χ3v) is 6.33. The van der Waals surface area contributed by atoms with Gasteiger partial charge in [0.1, 0.15) is 5.60 Å². The fraction of sp³-hybridized carbons (Fsp3) is 0.905. The number of aliphatic hydroxyl groups is 2. The van der Waals surface area contributed by atoms with E-state index in [9.17, 15) is 10.2 Å². The van der Waals surface area contributed by atoms with Crippen molar-refractivity contribution in [3.63, 3.8) is 0 Å². The Kier molecular flexibility index (Phi) is 8.11. The smallest absolute Gasteiger partial charge is 0.180 e. The maximum Gasteiger partial charge on any atom is 0.180 e. The fourth-order valence-corrected chi connectivity index (χ4v) is 5.09. The van der Waals surface area contributed by atoms with Crippen LogP contribution < -0.4 is 5.32 Å². The van der Waals surface area contributed by atoms with E-state index in [0.717, 1.165) is 31.1 Å². The summed E-state index contributed by atoms with van der Waals surface area (Å²) in [6.45, 7) is 9.71. The van der Waals surface area contributed by atoms with Crippen LogP contribution in [0.2, 0.25) is 0 Å². The van der Waals surface area contributed by atoms with Gasteiger partial charge in [-0.25, -0.2) is 0 Å². The van der Waals surface area contributed by atoms with E-state index in [4.69, 9.17) is 16.3 Å². The minimum atomic E-state index is -1.41. The van der Waals surface area contributed by atoms with Crippen molar-refractivity contribution in [2.45, 2.75) is 102 Å². The summed E-state index contributed by atoms with van der Waals surface area (Å²) in [7, 11) is 0. The van der Waals surface area contributed by atoms with Gasteiger partial charge in [0, 0.05) is 5.38 Å². The molecule has 0 heterocycles. The Morgan fingerprint density at radius 2 is 1.77 bits per heavy atom. The second-order valence-electron chi connectivity index (χ2n) is 9.34. The Morgan fingerprint density at radius 3 is 2.31 bits per heavy atom. The predicted octanol–water partition coefficient (Wildman–Crippen LogP) is 4.54. The van der Waals surface area contributed by atoms with Crippen molar-refractivity contribution >= 4 is 11.6 Å². The first-order valence-electron chi connectivity index (χ1n) is 10.3. The second-order valence-corrected chi connectivity index (χ2v) is 9.96. The highest BCUT2D eigenvalue weighted by atomic mass is 35.5. The van der Waals surface area contributed by atoms with Crippen LogP contribution in [0.4, 0.5) is 0 Å². The Hall–Kier alpha value is -0.450. The predicted molar refractivity (Wildman–Crippen MR) is 107 cm³/mol. The topological polar surface area (TPSA) is 61.7 Å². The summed E-state index contributed by atoms with van der Waals surface area (Å²) >= 11 is 6.37. The van der Waals surface area contributed by atoms with E-state index in [1.54, 1.807) is 0 Å². The summed E-state index contributed by atoms with van der Waals surface area (Å²) in [5.41, 5.74) is -0.354. The zero-order valence-corrected chi connectivity index (χ0v) is 17.5. The zero-order valence-electron chi connectivity index (χ0n) is 16.7. The Balaban J connectivity index is 1.79. The van der Waals surface area contributed by atoms with Crippen LogP contribution in [0.15, 0.2) is 12.5 Å². The summed E-state index contributed by atoms with van der Waals surface area (Å²) in [4.78, 5) is 0. The van der Waals surface area contributed by atoms with Gasteiger partial charge in [-0.1, -0.05) is 25.7 Å². The first-order chi connectivity index (χ1) is 12.1. The van der Waals surface area contributed by atoms with Gasteiger partial charge in [-0.3, -0.25) is 0 Å². The van der Waals surface area contributed by atoms with E-state index in [-0.39, 0.29) is 5.60 Å². The molecule has 0 aromatic heterocycles. The third kappa shape index (κ3) is 7.28. The van der Waals surface area contributed by atoms with Crippen LogP contribution in [-0.4, -0.2) is 33.5 Å². The number of hydrogen-bond acceptors (Lipinski definition) is 4. The van der Waals surface area contributed by atoms with Crippen LogP contribution in [0.5, 0.6) is 0 Å². The van der Waals surface area contributed by atoms with Gasteiger partial charge in [-0.15, -0.1) is 11.6 Å². The van der Waals surface area contributed by atoms with Crippen molar-refractivity contribution in [2.75, 3.05) is 0 Å². The molecule has 26 heavy (non-hydrogen) atoms. The first-order valence-corrected chi connectivity index (χ1v) is 10.7. The van der Waals surface area contributed by atoms with Crippen molar-refractivity contribution in [3.05, 3.63) is 12.5 Å². The highest BCUT2D eigenvalue weighted by molar-refractivity contribution is 6.20. The van der Waals surface area contributed by atoms with Crippen molar-refractivity contribution in [2.24, 2.45) is 17.8 Å². The van der Waals surface area contributed by atoms with Crippen LogP contribution in [0, 0.1) is 17.8 Å². The molecular formula is C21H38ClNO3. The number of rotatable bonds is 7. The average Bonchev–Trinajstić information content (AvgIpc) is 2.53. The maximum absolute atomic E-state index is 9.76. The largest absolute Gasteiger partial charge is 0.474 e. The van der Waals surface area contributed by atoms with E-state index in [0.29, 0.717) is 17.2 Å². The molecule has 2 aliphatic rings. The van der Waals surface area contributed by atoms with E-state index >= 15 is 0 Å². The van der Waals surface area contributed by atoms with E-state index in [1.807, 2.05) is 20.8 Å². The first kappa shape index (κ1) is 21.8. The molecule has 0 aliphatic heterocycles. The number of halogens is 1. The van der Waals surface area contributed by atoms with E-state index < -0.39 is 12.3 Å². The highest BCUT2D eigenvalue weighted by Gasteiger charge is 2.32. The Bertz CT molecular complexity index is 441. The van der Waals surface area contributed by atoms with Gasteiger partial charge in [0.25, 0.3) is 0 Å². The van der Waals surface area contributed by atoms with Gasteiger partial charge in [0.2, 0.25) is 0 Å². The highest BCUT2D eigenvalue weighted by Crippen LogP contribution is 2.42. The number of hydrogen-bond donors (Lipinski definition) is 3. The fourth-order valence-electron chi connectivity index (χ4n) is 4.71. The molecule has 2 saturated carbocycles. The van der Waals surface area contributed by atoms with Crippen molar-refractivity contribution in [1.82, 2.24) is 5.32 Å². The lowest BCUT2D eigenvalue weighted by atomic mass is 9.70. The number of ether oxygens (including phenoxy) is 1. The molecule has 0 bridgehead atoms. The van der Waals surface area contributed by atoms with Gasteiger partial charge >= 0.3 is 0 Å². The number of nitrogens with one attached hydrogen (secondary N) is 1. The molecule has 2 aliphatic carbocycles. The molecule has 1 unspecified atom stereocenters. The zero-order chi connectivity index (χ0) is 19.3. The molecule has 2 rings (SSSR count). The molecule has 3 N–H and O–H groups in total. The standard InChI is InChI=1S/C21H38ClNO3/c1-14(26-21(2,3)4)23-19(20(24)25)12-15-8-10-16(11-9-15)17-6-5-7-18(22)13-17/h15-20,23-25H,1,5-13H2,2-4H3/t15?,16?,17?,18-,19+/m1/s1. The second kappa shape index (κ2) is 9.66. The normalized spacial score (nSPS) is 31.5. The monoisotopic (exact) mass is 387 g/mol. The van der Waals surface area contributed by atoms with Crippen molar-refractivity contribution < 1.29 is 14.9 Å². The molecule has 0 amide bonds. The summed E-state index contributed by atoms with van der Waals surface area (Å²) in [6, 6.07) is -0.437. The number of aliphatic hydroxyl groups excluding tert-OH is 1. The molecule has 152 valence electrons. The summed E-state index contributed by atoms with van der Waals surface area (Å²) in [6.07, 6.45) is 9.09. The van der Waals surface area contributed by atoms with Crippen LogP contribution in [0.3, 0.4) is 0 Å². The lowest BCUT2D eigenvalue weighted by molar-refractivity contribution is -0.0784. The SMILES string of the molecule is C=C(N[C@@H](CC1CCC(C2CCC[C@@H](Cl)C2)CC1)C(O)O)OC(C)(C)C. The number of alkyl halides is 1. The summed E-state index contributed by atoms with van der Waals surface area (Å²) in [5.74, 6) is 2.52. The summed E-state index contributed by atoms with van der Waals surface area (Å²) in [5, 5.41) is 23.0. The molecule has 5 heteroatoms. The van der Waals surface area contributed by atoms with Gasteiger partial charge < -0.3 is 20.3 Å². The van der Waals surface area contributed by atoms with Crippen LogP contribution in [0.25, 0.3) is 0 Å². The lowest BCUT2D eigenvalue weighted by Crippen LogP contribution is -2.42. The summed E-state index contributed by atoms with van der Waals surface area (Å²) < 4.78 is 5.67. The van der Waals surface area contributed by atoms with Crippen LogP contribution in [-0.2, 0) is 4.74 Å². The Morgan fingerprint density at radius 1 is 1.12 bits per heavy atom. The third-order valence-electron chi connectivity index (χ3n) is 5.93. The Labute approximate surface area is 164 Å². The van der Waals surface area contributed by atoms with Crippen molar-refractivity contribution in [1.29, 1.82) is 0 Å². The maximum atomic E-state index is 9.76. The van der Waals surface area contributed by atoms with Crippen LogP contribution in [0.1, 0.15) is 78.6 Å². The quantitative estimate of drug-likeness (QED) is 0.341. The van der Waals surface area contributed by atoms with Crippen molar-refractivity contribution in [3.8, 4) is 0 Å². The van der Waals surface area contributed by atoms with Gasteiger partial charge in [-0.05, 0) is 77.2 Å². The minimum Gasteiger partial charge on any atom is -0.474 e. The van der Waals surface area contributed by atoms with Gasteiger partial charge in [0.05, 0.1) is 6.04 Å². The van der Waals surface area contributed by atoms with Gasteiger partial charge in [0.15, 0.2) is 12.2 Å². The molecule has 2 fully saturated rings. The minimum absolute atomic E-state index is 0.354. The molecule has 0 spiro atoms. The van der Waals surface area contributed by atoms with E-state index in [2.05, 4.69) is 11.9 Å². The van der Waals surface area contributed by atoms with Gasteiger partial charge in [-0.2, -0.15) is 0 Å². The molecular weight excluding hydrogens is 350 g/mol. The molecule has 3 atom stereocenters. The molecule has 0 aromatic carbocycles. The van der Waals surface area contributed by atoms with Crippen LogP contribution >= 0.6 is 11.6 Å². The molecule has 4 nitrogen and oxygen atoms in total. The molecule has 0 radical (unpaired) electrons. The molecule has 0 aromatic rings.